The zero-order chi connectivity index (χ0) is 17.4. The van der Waals surface area contributed by atoms with Crippen molar-refractivity contribution in [2.24, 2.45) is 0 Å². The van der Waals surface area contributed by atoms with Gasteiger partial charge in [0.1, 0.15) is 0 Å². The fraction of sp³-hybridized carbons (Fsp3) is 1.00. The Morgan fingerprint density at radius 2 is 1.00 bits per heavy atom. The normalized spacial score (nSPS) is 13.4. The number of hydrogen-bond donors (Lipinski definition) is 0. The average molecular weight is 380 g/mol. The summed E-state index contributed by atoms with van der Waals surface area (Å²) in [5.41, 5.74) is 0. The lowest BCUT2D eigenvalue weighted by Gasteiger charge is -2.19. The van der Waals surface area contributed by atoms with E-state index in [1.54, 1.807) is 27.7 Å². The lowest BCUT2D eigenvalue weighted by atomic mass is 10.7. The summed E-state index contributed by atoms with van der Waals surface area (Å²) >= 11 is 0. The number of hydrogen-bond acceptors (Lipinski definition) is 7. The van der Waals surface area contributed by atoms with Crippen molar-refractivity contribution in [2.75, 3.05) is 38.1 Å². The Balaban J connectivity index is 4.49. The predicted octanol–water partition coefficient (Wildman–Crippen LogP) is 0.667. The molecule has 0 heterocycles. The van der Waals surface area contributed by atoms with Crippen LogP contribution in [0.2, 0.25) is 0 Å². The van der Waals surface area contributed by atoms with Gasteiger partial charge in [0, 0.05) is 26.2 Å². The summed E-state index contributed by atoms with van der Waals surface area (Å²) in [5.74, 6) is -1.62. The maximum absolute atomic E-state index is 11.8. The first-order chi connectivity index (χ1) is 10.1. The topological polar surface area (TPSA) is 110 Å². The van der Waals surface area contributed by atoms with Crippen LogP contribution >= 0.6 is 8.25 Å². The summed E-state index contributed by atoms with van der Waals surface area (Å²) < 4.78 is 70.3. The van der Waals surface area contributed by atoms with Crippen LogP contribution < -0.4 is 0 Å². The van der Waals surface area contributed by atoms with E-state index >= 15 is 0 Å². The van der Waals surface area contributed by atoms with Gasteiger partial charge in [0.15, 0.2) is 11.9 Å². The Morgan fingerprint density at radius 3 is 1.23 bits per heavy atom. The van der Waals surface area contributed by atoms with E-state index in [2.05, 4.69) is 9.05 Å². The molecule has 0 unspecified atom stereocenters. The highest BCUT2D eigenvalue weighted by molar-refractivity contribution is 7.89. The van der Waals surface area contributed by atoms with Gasteiger partial charge in [-0.05, 0) is 0 Å². The molecule has 0 saturated carbocycles. The lowest BCUT2D eigenvalue weighted by Crippen LogP contribution is -2.33. The monoisotopic (exact) mass is 380 g/mol. The molecule has 0 amide bonds. The number of rotatable bonds is 12. The van der Waals surface area contributed by atoms with Gasteiger partial charge in [-0.2, -0.15) is 0 Å². The second-order valence-electron chi connectivity index (χ2n) is 4.17. The molecule has 0 fully saturated rings. The molecule has 0 bridgehead atoms. The fourth-order valence-corrected chi connectivity index (χ4v) is 5.59. The van der Waals surface area contributed by atoms with Crippen LogP contribution in [-0.2, 0) is 33.7 Å². The van der Waals surface area contributed by atoms with Gasteiger partial charge in [-0.1, -0.05) is 27.7 Å². The molecule has 0 aliphatic rings. The molecule has 0 atom stereocenters. The molecule has 0 saturated heterocycles. The molecule has 0 rings (SSSR count). The third-order valence-corrected chi connectivity index (χ3v) is 7.47. The zero-order valence-corrected chi connectivity index (χ0v) is 15.9. The van der Waals surface area contributed by atoms with E-state index in [4.69, 9.17) is 0 Å². The Kier molecular flexibility index (Phi) is 9.95. The summed E-state index contributed by atoms with van der Waals surface area (Å²) in [4.78, 5) is 0. The van der Waals surface area contributed by atoms with Crippen LogP contribution in [0.4, 0.5) is 0 Å². The lowest BCUT2D eigenvalue weighted by molar-refractivity contribution is 0.265. The molecule has 0 spiro atoms. The van der Waals surface area contributed by atoms with E-state index in [1.807, 2.05) is 0 Å². The fourth-order valence-electron chi connectivity index (χ4n) is 1.67. The quantitative estimate of drug-likeness (QED) is 0.458. The predicted molar refractivity (Wildman–Crippen MR) is 84.6 cm³/mol. The van der Waals surface area contributed by atoms with Gasteiger partial charge in [-0.3, -0.25) is 13.6 Å². The van der Waals surface area contributed by atoms with Crippen molar-refractivity contribution in [3.63, 3.8) is 0 Å². The van der Waals surface area contributed by atoms with Gasteiger partial charge in [0.2, 0.25) is 20.0 Å². The van der Waals surface area contributed by atoms with E-state index < -0.39 is 40.2 Å². The van der Waals surface area contributed by atoms with Crippen molar-refractivity contribution >= 4 is 28.3 Å². The highest BCUT2D eigenvalue weighted by atomic mass is 32.2. The maximum atomic E-state index is 11.8. The van der Waals surface area contributed by atoms with Gasteiger partial charge in [-0.25, -0.2) is 25.4 Å². The van der Waals surface area contributed by atoms with Gasteiger partial charge in [0.05, 0.1) is 0 Å². The summed E-state index contributed by atoms with van der Waals surface area (Å²) in [6.45, 7) is 7.71. The zero-order valence-electron chi connectivity index (χ0n) is 13.3. The van der Waals surface area contributed by atoms with Crippen LogP contribution in [0.1, 0.15) is 27.7 Å². The molecule has 9 nitrogen and oxygen atoms in total. The highest BCUT2D eigenvalue weighted by Gasteiger charge is 2.23. The van der Waals surface area contributed by atoms with E-state index in [1.165, 1.54) is 0 Å². The maximum Gasteiger partial charge on any atom is 0.321 e. The average Bonchev–Trinajstić information content (AvgIpc) is 2.45. The molecule has 0 aromatic heterocycles. The van der Waals surface area contributed by atoms with Crippen LogP contribution in [0.25, 0.3) is 0 Å². The Hall–Kier alpha value is -0.0300. The Bertz CT molecular complexity index is 494. The van der Waals surface area contributed by atoms with E-state index in [9.17, 15) is 21.4 Å². The Labute approximate surface area is 133 Å². The van der Waals surface area contributed by atoms with Crippen LogP contribution in [0.3, 0.4) is 0 Å². The third-order valence-electron chi connectivity index (χ3n) is 2.85. The smallest absolute Gasteiger partial charge is 0.293 e. The molecule has 22 heavy (non-hydrogen) atoms. The van der Waals surface area contributed by atoms with Gasteiger partial charge in [-0.15, -0.1) is 0 Å². The minimum absolute atomic E-state index is 0.264. The highest BCUT2D eigenvalue weighted by Crippen LogP contribution is 2.26. The minimum atomic E-state index is -3.70. The first-order valence-corrected chi connectivity index (χ1v) is 11.3. The Morgan fingerprint density at radius 1 is 0.727 bits per heavy atom. The minimum Gasteiger partial charge on any atom is -0.293 e. The van der Waals surface area contributed by atoms with Gasteiger partial charge < -0.3 is 0 Å². The summed E-state index contributed by atoms with van der Waals surface area (Å²) in [7, 11) is -10.6. The van der Waals surface area contributed by atoms with E-state index in [0.29, 0.717) is 0 Å². The van der Waals surface area contributed by atoms with Gasteiger partial charge in [0.25, 0.3) is 0 Å². The van der Waals surface area contributed by atoms with Crippen LogP contribution in [0.15, 0.2) is 0 Å². The third kappa shape index (κ3) is 7.03. The largest absolute Gasteiger partial charge is 0.321 e. The van der Waals surface area contributed by atoms with Crippen molar-refractivity contribution in [2.45, 2.75) is 27.7 Å². The van der Waals surface area contributed by atoms with Crippen molar-refractivity contribution < 1.29 is 30.4 Å². The number of nitrogens with zero attached hydrogens (tertiary/aromatic N) is 2. The standard InChI is InChI=1S/C10H25N2O7PS2/c1-5-11(6-2)21(14,15)9-18-20(13)19-10-22(16,17)12(7-3)8-4/h20H,5-10H2,1-4H3. The van der Waals surface area contributed by atoms with Crippen molar-refractivity contribution in [1.29, 1.82) is 0 Å². The second-order valence-corrected chi connectivity index (χ2v) is 9.08. The molecule has 134 valence electrons. The molecule has 0 aliphatic heterocycles. The van der Waals surface area contributed by atoms with Crippen molar-refractivity contribution in [3.05, 3.63) is 0 Å². The van der Waals surface area contributed by atoms with Gasteiger partial charge >= 0.3 is 8.25 Å². The summed E-state index contributed by atoms with van der Waals surface area (Å²) in [6.07, 6.45) is 0. The van der Waals surface area contributed by atoms with Crippen LogP contribution in [-0.4, -0.2) is 63.5 Å². The first-order valence-electron chi connectivity index (χ1n) is 6.89. The van der Waals surface area contributed by atoms with Crippen molar-refractivity contribution in [1.82, 2.24) is 8.61 Å². The molecular formula is C10H25N2O7PS2. The summed E-state index contributed by atoms with van der Waals surface area (Å²) in [6, 6.07) is 0. The van der Waals surface area contributed by atoms with E-state index in [0.717, 1.165) is 8.61 Å². The van der Waals surface area contributed by atoms with Crippen LogP contribution in [0, 0.1) is 0 Å². The second kappa shape index (κ2) is 9.96. The summed E-state index contributed by atoms with van der Waals surface area (Å²) in [5, 5.41) is 0. The van der Waals surface area contributed by atoms with Crippen molar-refractivity contribution in [3.8, 4) is 0 Å². The molecule has 0 aromatic rings. The molecule has 0 aromatic carbocycles. The molecule has 0 N–H and O–H groups in total. The molecule has 0 radical (unpaired) electrons. The number of sulfonamides is 2. The van der Waals surface area contributed by atoms with Crippen LogP contribution in [0.5, 0.6) is 0 Å². The molecule has 12 heteroatoms. The van der Waals surface area contributed by atoms with E-state index in [-0.39, 0.29) is 26.2 Å². The molecular weight excluding hydrogens is 355 g/mol. The molecule has 0 aliphatic carbocycles. The first kappa shape index (κ1) is 22.0. The SMILES string of the molecule is CCN(CC)S(=O)(=O)CO[PH](=O)OCS(=O)(=O)N(CC)CC.